The Kier molecular flexibility index (Phi) is 13.9. The van der Waals surface area contributed by atoms with Crippen LogP contribution in [0.3, 0.4) is 0 Å². The van der Waals surface area contributed by atoms with Crippen molar-refractivity contribution in [2.45, 2.75) is 39.7 Å². The third-order valence-corrected chi connectivity index (χ3v) is 5.03. The molecule has 1 heterocycles. The van der Waals surface area contributed by atoms with Gasteiger partial charge in [0.25, 0.3) is 0 Å². The lowest BCUT2D eigenvalue weighted by molar-refractivity contribution is -0.0261. The molecule has 1 aliphatic heterocycles. The van der Waals surface area contributed by atoms with E-state index >= 15 is 0 Å². The molecule has 2 rings (SSSR count). The van der Waals surface area contributed by atoms with Crippen LogP contribution in [0.25, 0.3) is 0 Å². The van der Waals surface area contributed by atoms with Gasteiger partial charge in [-0.2, -0.15) is 0 Å². The Morgan fingerprint density at radius 2 is 2.00 bits per heavy atom. The Labute approximate surface area is 205 Å². The SMILES string of the molecule is CCNC(=NCC1CN(CC(C)C)CCO1)NCCCc1ccc(OC)c(OC)c1.I. The summed E-state index contributed by atoms with van der Waals surface area (Å²) in [5.41, 5.74) is 1.23. The molecule has 31 heavy (non-hydrogen) atoms. The number of benzene rings is 1. The molecule has 2 N–H and O–H groups in total. The van der Waals surface area contributed by atoms with E-state index in [4.69, 9.17) is 19.2 Å². The summed E-state index contributed by atoms with van der Waals surface area (Å²) in [4.78, 5) is 7.24. The number of hydrogen-bond donors (Lipinski definition) is 2. The first-order valence-corrected chi connectivity index (χ1v) is 11.1. The average Bonchev–Trinajstić information content (AvgIpc) is 2.74. The highest BCUT2D eigenvalue weighted by Crippen LogP contribution is 2.27. The van der Waals surface area contributed by atoms with E-state index in [-0.39, 0.29) is 30.1 Å². The second-order valence-corrected chi connectivity index (χ2v) is 8.09. The molecule has 8 heteroatoms. The van der Waals surface area contributed by atoms with Gasteiger partial charge in [0.15, 0.2) is 17.5 Å². The smallest absolute Gasteiger partial charge is 0.191 e. The average molecular weight is 549 g/mol. The number of hydrogen-bond acceptors (Lipinski definition) is 5. The molecule has 1 aliphatic rings. The molecule has 178 valence electrons. The number of rotatable bonds is 11. The summed E-state index contributed by atoms with van der Waals surface area (Å²) >= 11 is 0. The topological polar surface area (TPSA) is 67.4 Å². The van der Waals surface area contributed by atoms with Crippen molar-refractivity contribution >= 4 is 29.9 Å². The molecule has 1 saturated heterocycles. The Morgan fingerprint density at radius 1 is 1.23 bits per heavy atom. The van der Waals surface area contributed by atoms with Gasteiger partial charge in [0.05, 0.1) is 33.5 Å². The summed E-state index contributed by atoms with van der Waals surface area (Å²) in [5.74, 6) is 3.07. The van der Waals surface area contributed by atoms with Crippen molar-refractivity contribution in [1.29, 1.82) is 0 Å². The van der Waals surface area contributed by atoms with Crippen LogP contribution < -0.4 is 20.1 Å². The summed E-state index contributed by atoms with van der Waals surface area (Å²) in [5, 5.41) is 6.77. The minimum Gasteiger partial charge on any atom is -0.493 e. The number of morpholine rings is 1. The van der Waals surface area contributed by atoms with E-state index in [0.717, 1.165) is 69.6 Å². The Morgan fingerprint density at radius 3 is 2.68 bits per heavy atom. The van der Waals surface area contributed by atoms with Crippen LogP contribution in [0.15, 0.2) is 23.2 Å². The van der Waals surface area contributed by atoms with Crippen LogP contribution in [0.1, 0.15) is 32.8 Å². The highest BCUT2D eigenvalue weighted by atomic mass is 127. The van der Waals surface area contributed by atoms with E-state index in [1.165, 1.54) is 5.56 Å². The molecule has 0 aromatic heterocycles. The highest BCUT2D eigenvalue weighted by molar-refractivity contribution is 14.0. The zero-order valence-electron chi connectivity index (χ0n) is 19.8. The predicted molar refractivity (Wildman–Crippen MR) is 138 cm³/mol. The van der Waals surface area contributed by atoms with E-state index in [9.17, 15) is 0 Å². The van der Waals surface area contributed by atoms with Crippen LogP contribution in [0.5, 0.6) is 11.5 Å². The number of guanidine groups is 1. The van der Waals surface area contributed by atoms with E-state index < -0.39 is 0 Å². The second kappa shape index (κ2) is 15.5. The van der Waals surface area contributed by atoms with E-state index in [0.29, 0.717) is 12.5 Å². The monoisotopic (exact) mass is 548 g/mol. The zero-order chi connectivity index (χ0) is 21.8. The van der Waals surface area contributed by atoms with Crippen molar-refractivity contribution in [1.82, 2.24) is 15.5 Å². The predicted octanol–water partition coefficient (Wildman–Crippen LogP) is 3.17. The van der Waals surface area contributed by atoms with Crippen molar-refractivity contribution < 1.29 is 14.2 Å². The minimum atomic E-state index is 0. The van der Waals surface area contributed by atoms with Crippen molar-refractivity contribution in [3.63, 3.8) is 0 Å². The lowest BCUT2D eigenvalue weighted by Crippen LogP contribution is -2.46. The van der Waals surface area contributed by atoms with Gasteiger partial charge in [0.1, 0.15) is 0 Å². The minimum absolute atomic E-state index is 0. The number of methoxy groups -OCH3 is 2. The molecule has 0 amide bonds. The van der Waals surface area contributed by atoms with Crippen LogP contribution in [-0.4, -0.2) is 77.1 Å². The maximum absolute atomic E-state index is 5.92. The third-order valence-electron chi connectivity index (χ3n) is 5.03. The van der Waals surface area contributed by atoms with Crippen LogP contribution in [0.4, 0.5) is 0 Å². The molecular weight excluding hydrogens is 507 g/mol. The normalized spacial score (nSPS) is 17.2. The van der Waals surface area contributed by atoms with Gasteiger partial charge >= 0.3 is 0 Å². The fraction of sp³-hybridized carbons (Fsp3) is 0.696. The Hall–Kier alpha value is -1.26. The molecule has 7 nitrogen and oxygen atoms in total. The quantitative estimate of drug-likeness (QED) is 0.192. The lowest BCUT2D eigenvalue weighted by Gasteiger charge is -2.33. The first-order valence-electron chi connectivity index (χ1n) is 11.1. The summed E-state index contributed by atoms with van der Waals surface area (Å²) < 4.78 is 16.6. The summed E-state index contributed by atoms with van der Waals surface area (Å²) in [7, 11) is 3.32. The molecule has 0 bridgehead atoms. The van der Waals surface area contributed by atoms with Gasteiger partial charge < -0.3 is 24.8 Å². The van der Waals surface area contributed by atoms with Gasteiger partial charge in [0, 0.05) is 32.7 Å². The maximum atomic E-state index is 5.92. The highest BCUT2D eigenvalue weighted by Gasteiger charge is 2.20. The van der Waals surface area contributed by atoms with Crippen molar-refractivity contribution in [3.05, 3.63) is 23.8 Å². The Balaban J connectivity index is 0.00000480. The Bertz CT molecular complexity index is 658. The molecule has 1 atom stereocenters. The molecule has 0 spiro atoms. The number of aryl methyl sites for hydroxylation is 1. The molecule has 1 unspecified atom stereocenters. The molecule has 0 saturated carbocycles. The van der Waals surface area contributed by atoms with Gasteiger partial charge in [-0.05, 0) is 43.4 Å². The first kappa shape index (κ1) is 27.8. The van der Waals surface area contributed by atoms with Gasteiger partial charge in [0.2, 0.25) is 0 Å². The van der Waals surface area contributed by atoms with E-state index in [1.807, 2.05) is 12.1 Å². The maximum Gasteiger partial charge on any atom is 0.191 e. The second-order valence-electron chi connectivity index (χ2n) is 8.09. The molecule has 1 aromatic carbocycles. The number of nitrogens with zero attached hydrogens (tertiary/aromatic N) is 2. The van der Waals surface area contributed by atoms with Crippen molar-refractivity contribution in [2.24, 2.45) is 10.9 Å². The van der Waals surface area contributed by atoms with Gasteiger partial charge in [-0.1, -0.05) is 19.9 Å². The number of ether oxygens (including phenoxy) is 3. The molecule has 1 aromatic rings. The van der Waals surface area contributed by atoms with Crippen molar-refractivity contribution in [3.8, 4) is 11.5 Å². The van der Waals surface area contributed by atoms with Crippen LogP contribution >= 0.6 is 24.0 Å². The van der Waals surface area contributed by atoms with Crippen LogP contribution in [-0.2, 0) is 11.2 Å². The number of nitrogens with one attached hydrogen (secondary N) is 2. The van der Waals surface area contributed by atoms with Gasteiger partial charge in [-0.25, -0.2) is 0 Å². The summed E-state index contributed by atoms with van der Waals surface area (Å²) in [6, 6.07) is 6.09. The fourth-order valence-electron chi connectivity index (χ4n) is 3.64. The fourth-order valence-corrected chi connectivity index (χ4v) is 3.64. The number of aliphatic imine (C=N–C) groups is 1. The van der Waals surface area contributed by atoms with Crippen molar-refractivity contribution in [2.75, 3.05) is 60.1 Å². The van der Waals surface area contributed by atoms with E-state index in [2.05, 4.69) is 42.4 Å². The van der Waals surface area contributed by atoms with Gasteiger partial charge in [-0.3, -0.25) is 9.89 Å². The zero-order valence-corrected chi connectivity index (χ0v) is 22.1. The number of halogens is 1. The molecule has 0 aliphatic carbocycles. The summed E-state index contributed by atoms with van der Waals surface area (Å²) in [6.07, 6.45) is 2.13. The molecular formula is C23H41IN4O3. The first-order chi connectivity index (χ1) is 14.5. The van der Waals surface area contributed by atoms with Gasteiger partial charge in [-0.15, -0.1) is 24.0 Å². The van der Waals surface area contributed by atoms with Crippen LogP contribution in [0, 0.1) is 5.92 Å². The van der Waals surface area contributed by atoms with E-state index in [1.54, 1.807) is 14.2 Å². The van der Waals surface area contributed by atoms with Crippen LogP contribution in [0.2, 0.25) is 0 Å². The standard InChI is InChI=1S/C23H40N4O3.HI/c1-6-24-23(26-15-20-17-27(12-13-30-20)16-18(2)3)25-11-7-8-19-9-10-21(28-4)22(14-19)29-5;/h9-10,14,18,20H,6-8,11-13,15-17H2,1-5H3,(H2,24,25,26);1H. The third kappa shape index (κ3) is 10.3. The molecule has 0 radical (unpaired) electrons. The largest absolute Gasteiger partial charge is 0.493 e. The summed E-state index contributed by atoms with van der Waals surface area (Å²) in [6.45, 7) is 12.9. The molecule has 1 fully saturated rings. The lowest BCUT2D eigenvalue weighted by atomic mass is 10.1.